The van der Waals surface area contributed by atoms with Crippen LogP contribution in [-0.4, -0.2) is 47.4 Å². The third kappa shape index (κ3) is 4.56. The Bertz CT molecular complexity index is 895. The molecule has 2 amide bonds. The van der Waals surface area contributed by atoms with Gasteiger partial charge in [-0.1, -0.05) is 19.9 Å². The van der Waals surface area contributed by atoms with Gasteiger partial charge < -0.3 is 15.2 Å². The molecule has 1 saturated heterocycles. The number of aliphatic hydroxyl groups is 1. The van der Waals surface area contributed by atoms with Gasteiger partial charge in [0, 0.05) is 29.1 Å². The third-order valence-electron chi connectivity index (χ3n) is 4.99. The highest BCUT2D eigenvalue weighted by Gasteiger charge is 2.36. The van der Waals surface area contributed by atoms with Gasteiger partial charge in [0.1, 0.15) is 6.61 Å². The van der Waals surface area contributed by atoms with Crippen molar-refractivity contribution in [3.63, 3.8) is 0 Å². The predicted octanol–water partition coefficient (Wildman–Crippen LogP) is 3.15. The Hall–Kier alpha value is -2.93. The van der Waals surface area contributed by atoms with Crippen LogP contribution in [0.2, 0.25) is 0 Å². The van der Waals surface area contributed by atoms with Gasteiger partial charge >= 0.3 is 6.09 Å². The van der Waals surface area contributed by atoms with Gasteiger partial charge in [-0.3, -0.25) is 14.7 Å². The molecule has 0 radical (unpaired) electrons. The first kappa shape index (κ1) is 20.8. The van der Waals surface area contributed by atoms with Crippen LogP contribution in [0.25, 0.3) is 11.3 Å². The quantitative estimate of drug-likeness (QED) is 0.781. The number of amides is 2. The molecule has 1 fully saturated rings. The number of aromatic nitrogens is 1. The van der Waals surface area contributed by atoms with Crippen molar-refractivity contribution in [2.24, 2.45) is 5.92 Å². The van der Waals surface area contributed by atoms with Crippen molar-refractivity contribution in [2.45, 2.75) is 39.8 Å². The molecular weight excluding hydrogens is 370 g/mol. The molecule has 29 heavy (non-hydrogen) atoms. The second kappa shape index (κ2) is 8.61. The molecule has 2 aromatic rings. The van der Waals surface area contributed by atoms with E-state index in [4.69, 9.17) is 4.74 Å². The number of rotatable bonds is 6. The number of cyclic esters (lactones) is 1. The van der Waals surface area contributed by atoms with Crippen LogP contribution in [0.3, 0.4) is 0 Å². The van der Waals surface area contributed by atoms with Crippen molar-refractivity contribution < 1.29 is 19.4 Å². The Morgan fingerprint density at radius 3 is 2.69 bits per heavy atom. The topological polar surface area (TPSA) is 91.8 Å². The molecule has 0 bridgehead atoms. The molecule has 1 aromatic carbocycles. The Balaban J connectivity index is 2.08. The maximum Gasteiger partial charge on any atom is 0.414 e. The van der Waals surface area contributed by atoms with Gasteiger partial charge in [-0.25, -0.2) is 4.79 Å². The highest BCUT2D eigenvalue weighted by molar-refractivity contribution is 5.99. The monoisotopic (exact) mass is 397 g/mol. The van der Waals surface area contributed by atoms with Gasteiger partial charge in [0.2, 0.25) is 0 Å². The van der Waals surface area contributed by atoms with Crippen LogP contribution in [0.5, 0.6) is 0 Å². The molecule has 7 heteroatoms. The van der Waals surface area contributed by atoms with Gasteiger partial charge in [0.05, 0.1) is 18.3 Å². The molecule has 2 N–H and O–H groups in total. The number of benzene rings is 1. The number of pyridine rings is 1. The van der Waals surface area contributed by atoms with E-state index in [1.54, 1.807) is 30.2 Å². The van der Waals surface area contributed by atoms with Crippen molar-refractivity contribution in [3.05, 3.63) is 47.7 Å². The maximum atomic E-state index is 12.7. The van der Waals surface area contributed by atoms with E-state index in [0.29, 0.717) is 23.6 Å². The van der Waals surface area contributed by atoms with E-state index < -0.39 is 6.09 Å². The zero-order valence-electron chi connectivity index (χ0n) is 17.2. The lowest BCUT2D eigenvalue weighted by Gasteiger charge is -2.25. The standard InChI is InChI=1S/C22H27N3O4/c1-13(2)20-12-29-22(28)25(20)18-8-16(19-6-5-14(3)10-23-19)7-17(9-18)21(27)24-15(4)11-26/h5-10,13,15,20,26H,11-12H2,1-4H3,(H,24,27)/t15-,20?/m0/s1. The maximum absolute atomic E-state index is 12.7. The zero-order valence-corrected chi connectivity index (χ0v) is 17.2. The minimum Gasteiger partial charge on any atom is -0.447 e. The van der Waals surface area contributed by atoms with Crippen LogP contribution in [0, 0.1) is 12.8 Å². The number of hydrogen-bond acceptors (Lipinski definition) is 5. The predicted molar refractivity (Wildman–Crippen MR) is 111 cm³/mol. The molecule has 1 aliphatic rings. The summed E-state index contributed by atoms with van der Waals surface area (Å²) < 4.78 is 5.28. The first-order valence-corrected chi connectivity index (χ1v) is 9.76. The average Bonchev–Trinajstić information content (AvgIpc) is 3.09. The van der Waals surface area contributed by atoms with E-state index in [0.717, 1.165) is 11.1 Å². The summed E-state index contributed by atoms with van der Waals surface area (Å²) >= 11 is 0. The number of hydrogen-bond donors (Lipinski definition) is 2. The molecule has 0 spiro atoms. The van der Waals surface area contributed by atoms with Crippen LogP contribution < -0.4 is 10.2 Å². The molecule has 7 nitrogen and oxygen atoms in total. The number of nitrogens with one attached hydrogen (secondary N) is 1. The Morgan fingerprint density at radius 1 is 1.31 bits per heavy atom. The third-order valence-corrected chi connectivity index (χ3v) is 4.99. The smallest absolute Gasteiger partial charge is 0.414 e. The van der Waals surface area contributed by atoms with Crippen LogP contribution in [0.4, 0.5) is 10.5 Å². The number of aliphatic hydroxyl groups excluding tert-OH is 1. The SMILES string of the molecule is Cc1ccc(-c2cc(C(=O)N[C@@H](C)CO)cc(N3C(=O)OCC3C(C)C)c2)nc1. The summed E-state index contributed by atoms with van der Waals surface area (Å²) in [6, 6.07) is 8.61. The first-order chi connectivity index (χ1) is 13.8. The number of ether oxygens (including phenoxy) is 1. The largest absolute Gasteiger partial charge is 0.447 e. The summed E-state index contributed by atoms with van der Waals surface area (Å²) in [6.45, 7) is 7.88. The average molecular weight is 397 g/mol. The fourth-order valence-corrected chi connectivity index (χ4v) is 3.24. The summed E-state index contributed by atoms with van der Waals surface area (Å²) in [5.74, 6) is -0.135. The number of carbonyl (C=O) groups excluding carboxylic acids is 2. The molecule has 1 unspecified atom stereocenters. The van der Waals surface area contributed by atoms with Crippen molar-refractivity contribution in [2.75, 3.05) is 18.1 Å². The lowest BCUT2D eigenvalue weighted by atomic mass is 10.0. The summed E-state index contributed by atoms with van der Waals surface area (Å²) in [4.78, 5) is 31.2. The lowest BCUT2D eigenvalue weighted by molar-refractivity contribution is 0.0922. The van der Waals surface area contributed by atoms with Gasteiger partial charge in [0.25, 0.3) is 5.91 Å². The minimum atomic E-state index is -0.423. The molecule has 0 aliphatic carbocycles. The Kier molecular flexibility index (Phi) is 6.17. The van der Waals surface area contributed by atoms with E-state index >= 15 is 0 Å². The fourth-order valence-electron chi connectivity index (χ4n) is 3.24. The number of aryl methyl sites for hydroxylation is 1. The lowest BCUT2D eigenvalue weighted by Crippen LogP contribution is -2.38. The van der Waals surface area contributed by atoms with Crippen LogP contribution >= 0.6 is 0 Å². The summed E-state index contributed by atoms with van der Waals surface area (Å²) in [6.07, 6.45) is 1.34. The summed E-state index contributed by atoms with van der Waals surface area (Å²) in [5.41, 5.74) is 3.44. The van der Waals surface area contributed by atoms with Crippen molar-refractivity contribution >= 4 is 17.7 Å². The second-order valence-electron chi connectivity index (χ2n) is 7.80. The second-order valence-corrected chi connectivity index (χ2v) is 7.80. The van der Waals surface area contributed by atoms with E-state index in [2.05, 4.69) is 10.3 Å². The minimum absolute atomic E-state index is 0.115. The van der Waals surface area contributed by atoms with E-state index in [-0.39, 0.29) is 30.5 Å². The molecule has 2 heterocycles. The molecular formula is C22H27N3O4. The summed E-state index contributed by atoms with van der Waals surface area (Å²) in [7, 11) is 0. The van der Waals surface area contributed by atoms with Crippen LogP contribution in [0.15, 0.2) is 36.5 Å². The molecule has 0 saturated carbocycles. The normalized spacial score (nSPS) is 17.4. The van der Waals surface area contributed by atoms with Crippen molar-refractivity contribution in [1.82, 2.24) is 10.3 Å². The molecule has 1 aliphatic heterocycles. The van der Waals surface area contributed by atoms with Gasteiger partial charge in [-0.05, 0) is 49.6 Å². The van der Waals surface area contributed by atoms with Gasteiger partial charge in [-0.2, -0.15) is 0 Å². The van der Waals surface area contributed by atoms with Crippen molar-refractivity contribution in [3.8, 4) is 11.3 Å². The Labute approximate surface area is 170 Å². The molecule has 3 rings (SSSR count). The molecule has 154 valence electrons. The highest BCUT2D eigenvalue weighted by Crippen LogP contribution is 2.32. The molecule has 1 aromatic heterocycles. The summed E-state index contributed by atoms with van der Waals surface area (Å²) in [5, 5.41) is 12.0. The van der Waals surface area contributed by atoms with E-state index in [9.17, 15) is 14.7 Å². The van der Waals surface area contributed by atoms with Crippen LogP contribution in [0.1, 0.15) is 36.7 Å². The van der Waals surface area contributed by atoms with Gasteiger partial charge in [-0.15, -0.1) is 0 Å². The highest BCUT2D eigenvalue weighted by atomic mass is 16.6. The van der Waals surface area contributed by atoms with Gasteiger partial charge in [0.15, 0.2) is 0 Å². The number of nitrogens with zero attached hydrogens (tertiary/aromatic N) is 2. The van der Waals surface area contributed by atoms with Crippen molar-refractivity contribution in [1.29, 1.82) is 0 Å². The first-order valence-electron chi connectivity index (χ1n) is 9.76. The fraction of sp³-hybridized carbons (Fsp3) is 0.409. The molecule has 2 atom stereocenters. The number of carbonyl (C=O) groups is 2. The number of anilines is 1. The Morgan fingerprint density at radius 2 is 2.07 bits per heavy atom. The van der Waals surface area contributed by atoms with E-state index in [1.165, 1.54) is 0 Å². The zero-order chi connectivity index (χ0) is 21.1. The van der Waals surface area contributed by atoms with Crippen LogP contribution in [-0.2, 0) is 4.74 Å². The van der Waals surface area contributed by atoms with E-state index in [1.807, 2.05) is 39.0 Å².